The Morgan fingerprint density at radius 2 is 1.75 bits per heavy atom. The zero-order valence-corrected chi connectivity index (χ0v) is 13.6. The minimum absolute atomic E-state index is 0.117. The van der Waals surface area contributed by atoms with Gasteiger partial charge in [0.05, 0.1) is 0 Å². The summed E-state index contributed by atoms with van der Waals surface area (Å²) in [5.74, 6) is 0.784. The summed E-state index contributed by atoms with van der Waals surface area (Å²) < 4.78 is 0. The molecule has 7 nitrogen and oxygen atoms in total. The van der Waals surface area contributed by atoms with Gasteiger partial charge in [0.1, 0.15) is 17.3 Å². The van der Waals surface area contributed by atoms with Gasteiger partial charge in [-0.3, -0.25) is 9.59 Å². The first-order valence-electron chi connectivity index (χ1n) is 7.81. The van der Waals surface area contributed by atoms with E-state index in [1.165, 1.54) is 6.92 Å². The Labute approximate surface area is 139 Å². The maximum absolute atomic E-state index is 12.1. The molecule has 0 spiro atoms. The summed E-state index contributed by atoms with van der Waals surface area (Å²) in [6, 6.07) is 9.15. The Kier molecular flexibility index (Phi) is 4.41. The van der Waals surface area contributed by atoms with E-state index in [4.69, 9.17) is 0 Å². The molecule has 1 aromatic carbocycles. The van der Waals surface area contributed by atoms with Crippen LogP contribution in [-0.4, -0.2) is 27.8 Å². The molecule has 124 valence electrons. The Morgan fingerprint density at radius 1 is 1.08 bits per heavy atom. The predicted octanol–water partition coefficient (Wildman–Crippen LogP) is 2.38. The lowest BCUT2D eigenvalue weighted by Crippen LogP contribution is -2.26. The van der Waals surface area contributed by atoms with Crippen molar-refractivity contribution in [3.8, 4) is 0 Å². The lowest BCUT2D eigenvalue weighted by Gasteiger charge is -2.10. The molecule has 1 saturated carbocycles. The van der Waals surface area contributed by atoms with Gasteiger partial charge in [0, 0.05) is 30.4 Å². The van der Waals surface area contributed by atoms with Crippen LogP contribution >= 0.6 is 0 Å². The molecule has 1 aliphatic carbocycles. The van der Waals surface area contributed by atoms with Crippen LogP contribution in [0.15, 0.2) is 30.3 Å². The number of aryl methyl sites for hydroxylation is 1. The van der Waals surface area contributed by atoms with Gasteiger partial charge in [-0.1, -0.05) is 0 Å². The topological polar surface area (TPSA) is 96.0 Å². The molecule has 1 aromatic heterocycles. The van der Waals surface area contributed by atoms with E-state index >= 15 is 0 Å². The Bertz CT molecular complexity index is 769. The summed E-state index contributed by atoms with van der Waals surface area (Å²) in [6.07, 6.45) is 2.06. The summed E-state index contributed by atoms with van der Waals surface area (Å²) in [7, 11) is 0. The van der Waals surface area contributed by atoms with E-state index in [0.29, 0.717) is 17.3 Å². The van der Waals surface area contributed by atoms with E-state index in [2.05, 4.69) is 25.9 Å². The van der Waals surface area contributed by atoms with Gasteiger partial charge in [-0.15, -0.1) is 0 Å². The van der Waals surface area contributed by atoms with E-state index < -0.39 is 0 Å². The summed E-state index contributed by atoms with van der Waals surface area (Å²) in [4.78, 5) is 31.7. The zero-order chi connectivity index (χ0) is 17.1. The lowest BCUT2D eigenvalue weighted by atomic mass is 10.2. The molecule has 3 rings (SSSR count). The molecule has 24 heavy (non-hydrogen) atoms. The highest BCUT2D eigenvalue weighted by Crippen LogP contribution is 2.21. The van der Waals surface area contributed by atoms with Crippen molar-refractivity contribution in [2.75, 3.05) is 10.6 Å². The molecule has 0 bridgehead atoms. The number of aromatic nitrogens is 2. The minimum Gasteiger partial charge on any atom is -0.348 e. The molecule has 7 heteroatoms. The smallest absolute Gasteiger partial charge is 0.270 e. The van der Waals surface area contributed by atoms with Crippen LogP contribution in [0.5, 0.6) is 0 Å². The number of benzene rings is 1. The standard InChI is InChI=1S/C17H19N5O2/c1-10-18-15(17(24)22-14-7-8-14)9-16(19-10)21-13-5-3-12(4-6-13)20-11(2)23/h3-6,9,14H,7-8H2,1-2H3,(H,20,23)(H,22,24)(H,18,19,21). The number of amides is 2. The SMILES string of the molecule is CC(=O)Nc1ccc(Nc2cc(C(=O)NC3CC3)nc(C)n2)cc1. The number of hydrogen-bond acceptors (Lipinski definition) is 5. The third-order valence-corrected chi connectivity index (χ3v) is 3.46. The first kappa shape index (κ1) is 15.9. The second kappa shape index (κ2) is 6.66. The Morgan fingerprint density at radius 3 is 2.38 bits per heavy atom. The lowest BCUT2D eigenvalue weighted by molar-refractivity contribution is -0.114. The molecule has 1 aliphatic rings. The quantitative estimate of drug-likeness (QED) is 0.784. The van der Waals surface area contributed by atoms with Crippen molar-refractivity contribution in [1.82, 2.24) is 15.3 Å². The van der Waals surface area contributed by atoms with E-state index in [9.17, 15) is 9.59 Å². The van der Waals surface area contributed by atoms with Crippen molar-refractivity contribution in [2.45, 2.75) is 32.7 Å². The van der Waals surface area contributed by atoms with Crippen LogP contribution in [0.4, 0.5) is 17.2 Å². The van der Waals surface area contributed by atoms with Crippen LogP contribution in [0, 0.1) is 6.92 Å². The number of carbonyl (C=O) groups excluding carboxylic acids is 2. The van der Waals surface area contributed by atoms with Gasteiger partial charge < -0.3 is 16.0 Å². The first-order valence-corrected chi connectivity index (χ1v) is 7.81. The summed E-state index contributed by atoms with van der Waals surface area (Å²) in [6.45, 7) is 3.21. The molecule has 0 radical (unpaired) electrons. The van der Waals surface area contributed by atoms with Gasteiger partial charge in [0.2, 0.25) is 5.91 Å². The molecule has 0 saturated heterocycles. The minimum atomic E-state index is -0.174. The average molecular weight is 325 g/mol. The van der Waals surface area contributed by atoms with E-state index in [1.54, 1.807) is 25.1 Å². The van der Waals surface area contributed by atoms with Crippen molar-refractivity contribution >= 4 is 29.0 Å². The molecule has 2 aromatic rings. The van der Waals surface area contributed by atoms with Crippen molar-refractivity contribution in [1.29, 1.82) is 0 Å². The second-order valence-electron chi connectivity index (χ2n) is 5.82. The first-order chi connectivity index (χ1) is 11.5. The van der Waals surface area contributed by atoms with E-state index in [-0.39, 0.29) is 17.9 Å². The van der Waals surface area contributed by atoms with Crippen LogP contribution < -0.4 is 16.0 Å². The van der Waals surface area contributed by atoms with Gasteiger partial charge in [0.15, 0.2) is 0 Å². The normalized spacial score (nSPS) is 13.2. The molecule has 1 fully saturated rings. The van der Waals surface area contributed by atoms with Crippen molar-refractivity contribution in [3.05, 3.63) is 41.9 Å². The second-order valence-corrected chi connectivity index (χ2v) is 5.82. The molecule has 1 heterocycles. The van der Waals surface area contributed by atoms with Crippen molar-refractivity contribution in [3.63, 3.8) is 0 Å². The number of nitrogens with zero attached hydrogens (tertiary/aromatic N) is 2. The fourth-order valence-electron chi connectivity index (χ4n) is 2.22. The van der Waals surface area contributed by atoms with Crippen LogP contribution in [-0.2, 0) is 4.79 Å². The number of nitrogens with one attached hydrogen (secondary N) is 3. The van der Waals surface area contributed by atoms with Gasteiger partial charge in [-0.25, -0.2) is 9.97 Å². The molecule has 2 amide bonds. The fraction of sp³-hybridized carbons (Fsp3) is 0.294. The summed E-state index contributed by atoms with van der Waals surface area (Å²) >= 11 is 0. The predicted molar refractivity (Wildman–Crippen MR) is 91.3 cm³/mol. The molecule has 0 unspecified atom stereocenters. The third kappa shape index (κ3) is 4.28. The number of anilines is 3. The summed E-state index contributed by atoms with van der Waals surface area (Å²) in [5, 5.41) is 8.77. The molecule has 0 aliphatic heterocycles. The van der Waals surface area contributed by atoms with Crippen LogP contribution in [0.1, 0.15) is 36.1 Å². The maximum Gasteiger partial charge on any atom is 0.270 e. The number of hydrogen-bond donors (Lipinski definition) is 3. The van der Waals surface area contributed by atoms with Crippen molar-refractivity contribution in [2.24, 2.45) is 0 Å². The fourth-order valence-corrected chi connectivity index (χ4v) is 2.22. The van der Waals surface area contributed by atoms with E-state index in [1.807, 2.05) is 12.1 Å². The average Bonchev–Trinajstić information content (AvgIpc) is 3.32. The molecular formula is C17H19N5O2. The zero-order valence-electron chi connectivity index (χ0n) is 13.6. The summed E-state index contributed by atoms with van der Waals surface area (Å²) in [5.41, 5.74) is 1.87. The monoisotopic (exact) mass is 325 g/mol. The number of rotatable bonds is 5. The largest absolute Gasteiger partial charge is 0.348 e. The maximum atomic E-state index is 12.1. The molecule has 3 N–H and O–H groups in total. The molecular weight excluding hydrogens is 306 g/mol. The van der Waals surface area contributed by atoms with Gasteiger partial charge in [0.25, 0.3) is 5.91 Å². The van der Waals surface area contributed by atoms with Crippen molar-refractivity contribution < 1.29 is 9.59 Å². The van der Waals surface area contributed by atoms with Crippen LogP contribution in [0.25, 0.3) is 0 Å². The third-order valence-electron chi connectivity index (χ3n) is 3.46. The highest BCUT2D eigenvalue weighted by atomic mass is 16.2. The molecule has 0 atom stereocenters. The van der Waals surface area contributed by atoms with Gasteiger partial charge in [-0.2, -0.15) is 0 Å². The Hall–Kier alpha value is -2.96. The van der Waals surface area contributed by atoms with Gasteiger partial charge >= 0.3 is 0 Å². The van der Waals surface area contributed by atoms with E-state index in [0.717, 1.165) is 24.2 Å². The Balaban J connectivity index is 1.73. The van der Waals surface area contributed by atoms with Gasteiger partial charge in [-0.05, 0) is 44.0 Å². The number of carbonyl (C=O) groups is 2. The van der Waals surface area contributed by atoms with Crippen LogP contribution in [0.3, 0.4) is 0 Å². The highest BCUT2D eigenvalue weighted by molar-refractivity contribution is 5.93. The highest BCUT2D eigenvalue weighted by Gasteiger charge is 2.24. The van der Waals surface area contributed by atoms with Crippen LogP contribution in [0.2, 0.25) is 0 Å².